The highest BCUT2D eigenvalue weighted by atomic mass is 19.1. The summed E-state index contributed by atoms with van der Waals surface area (Å²) in [5.41, 5.74) is -0.339. The molecular formula is C11H13FO3. The first-order valence-corrected chi connectivity index (χ1v) is 4.51. The summed E-state index contributed by atoms with van der Waals surface area (Å²) in [7, 11) is 0. The van der Waals surface area contributed by atoms with Crippen molar-refractivity contribution in [3.05, 3.63) is 29.6 Å². The number of hydrogen-bond donors (Lipinski definition) is 1. The molecule has 82 valence electrons. The molecule has 4 heteroatoms. The maximum Gasteiger partial charge on any atom is 0.303 e. The quantitative estimate of drug-likeness (QED) is 0.765. The van der Waals surface area contributed by atoms with Crippen LogP contribution in [0.2, 0.25) is 0 Å². The average molecular weight is 212 g/mol. The van der Waals surface area contributed by atoms with Crippen molar-refractivity contribution in [3.63, 3.8) is 0 Å². The largest absolute Gasteiger partial charge is 0.505 e. The van der Waals surface area contributed by atoms with Gasteiger partial charge in [0.15, 0.2) is 11.6 Å². The molecule has 0 saturated carbocycles. The third-order valence-electron chi connectivity index (χ3n) is 2.04. The molecule has 0 saturated heterocycles. The topological polar surface area (TPSA) is 46.5 Å². The number of carbonyl (C=O) groups excluding carboxylic acids is 1. The number of esters is 1. The van der Waals surface area contributed by atoms with E-state index in [-0.39, 0.29) is 0 Å². The molecule has 0 radical (unpaired) electrons. The van der Waals surface area contributed by atoms with Crippen LogP contribution in [0.3, 0.4) is 0 Å². The van der Waals surface area contributed by atoms with Gasteiger partial charge in [-0.2, -0.15) is 0 Å². The van der Waals surface area contributed by atoms with Gasteiger partial charge in [0.25, 0.3) is 0 Å². The maximum absolute atomic E-state index is 12.8. The highest BCUT2D eigenvalue weighted by Crippen LogP contribution is 2.28. The van der Waals surface area contributed by atoms with Gasteiger partial charge in [-0.3, -0.25) is 4.79 Å². The number of phenolic OH excluding ortho intramolecular Hbond substituents is 1. The molecule has 0 aliphatic rings. The van der Waals surface area contributed by atoms with Crippen molar-refractivity contribution in [2.24, 2.45) is 0 Å². The molecule has 0 heterocycles. The minimum atomic E-state index is -0.878. The summed E-state index contributed by atoms with van der Waals surface area (Å²) < 4.78 is 17.8. The number of halogens is 1. The second-order valence-electron chi connectivity index (χ2n) is 3.77. The molecule has 0 spiro atoms. The van der Waals surface area contributed by atoms with Gasteiger partial charge in [-0.05, 0) is 31.5 Å². The van der Waals surface area contributed by atoms with Gasteiger partial charge in [-0.25, -0.2) is 4.39 Å². The Balaban J connectivity index is 3.04. The Morgan fingerprint density at radius 2 is 2.07 bits per heavy atom. The Kier molecular flexibility index (Phi) is 2.98. The number of carbonyl (C=O) groups is 1. The predicted octanol–water partition coefficient (Wildman–Crippen LogP) is 2.33. The molecule has 0 unspecified atom stereocenters. The fraction of sp³-hybridized carbons (Fsp3) is 0.364. The molecule has 0 aliphatic heterocycles. The third-order valence-corrected chi connectivity index (χ3v) is 2.04. The van der Waals surface area contributed by atoms with Gasteiger partial charge in [-0.15, -0.1) is 0 Å². The van der Waals surface area contributed by atoms with Crippen LogP contribution in [0.5, 0.6) is 5.75 Å². The normalized spacial score (nSPS) is 11.2. The molecule has 1 aromatic carbocycles. The van der Waals surface area contributed by atoms with Crippen molar-refractivity contribution in [1.29, 1.82) is 0 Å². The Hall–Kier alpha value is -1.58. The van der Waals surface area contributed by atoms with Crippen molar-refractivity contribution < 1.29 is 19.0 Å². The lowest BCUT2D eigenvalue weighted by Gasteiger charge is -2.25. The Morgan fingerprint density at radius 1 is 1.47 bits per heavy atom. The molecule has 0 amide bonds. The van der Waals surface area contributed by atoms with Gasteiger partial charge in [0.2, 0.25) is 0 Å². The van der Waals surface area contributed by atoms with E-state index in [2.05, 4.69) is 0 Å². The molecule has 0 fully saturated rings. The highest BCUT2D eigenvalue weighted by Gasteiger charge is 2.24. The fourth-order valence-electron chi connectivity index (χ4n) is 1.31. The Labute approximate surface area is 87.5 Å². The van der Waals surface area contributed by atoms with Gasteiger partial charge in [-0.1, -0.05) is 6.07 Å². The first-order valence-electron chi connectivity index (χ1n) is 4.51. The standard InChI is InChI=1S/C11H13FO3/c1-7(13)15-11(2,3)8-4-5-9(12)10(14)6-8/h4-6,14H,1-3H3. The average Bonchev–Trinajstić information content (AvgIpc) is 2.07. The summed E-state index contributed by atoms with van der Waals surface area (Å²) in [5.74, 6) is -1.58. The molecule has 3 nitrogen and oxygen atoms in total. The van der Waals surface area contributed by atoms with Crippen molar-refractivity contribution in [2.75, 3.05) is 0 Å². The van der Waals surface area contributed by atoms with Crippen LogP contribution in [0, 0.1) is 5.82 Å². The Morgan fingerprint density at radius 3 is 2.53 bits per heavy atom. The zero-order chi connectivity index (χ0) is 11.6. The molecule has 15 heavy (non-hydrogen) atoms. The maximum atomic E-state index is 12.8. The number of aromatic hydroxyl groups is 1. The van der Waals surface area contributed by atoms with E-state index < -0.39 is 23.1 Å². The van der Waals surface area contributed by atoms with Crippen LogP contribution < -0.4 is 0 Å². The summed E-state index contributed by atoms with van der Waals surface area (Å²) in [6, 6.07) is 3.85. The van der Waals surface area contributed by atoms with Crippen LogP contribution >= 0.6 is 0 Å². The zero-order valence-electron chi connectivity index (χ0n) is 8.87. The molecule has 0 aromatic heterocycles. The molecule has 0 aliphatic carbocycles. The number of rotatable bonds is 2. The number of ether oxygens (including phenoxy) is 1. The van der Waals surface area contributed by atoms with Gasteiger partial charge in [0, 0.05) is 6.92 Å². The van der Waals surface area contributed by atoms with Gasteiger partial charge in [0.1, 0.15) is 5.60 Å². The summed E-state index contributed by atoms with van der Waals surface area (Å²) in [5, 5.41) is 9.18. The summed E-state index contributed by atoms with van der Waals surface area (Å²) in [6.45, 7) is 4.63. The minimum Gasteiger partial charge on any atom is -0.505 e. The van der Waals surface area contributed by atoms with Gasteiger partial charge < -0.3 is 9.84 Å². The first-order chi connectivity index (χ1) is 6.83. The van der Waals surface area contributed by atoms with Crippen LogP contribution in [0.1, 0.15) is 26.3 Å². The smallest absolute Gasteiger partial charge is 0.303 e. The lowest BCUT2D eigenvalue weighted by Crippen LogP contribution is -2.24. The lowest BCUT2D eigenvalue weighted by molar-refractivity contribution is -0.154. The molecule has 1 N–H and O–H groups in total. The van der Waals surface area contributed by atoms with Crippen LogP contribution in [0.25, 0.3) is 0 Å². The van der Waals surface area contributed by atoms with E-state index in [1.165, 1.54) is 19.1 Å². The molecular weight excluding hydrogens is 199 g/mol. The number of phenols is 1. The van der Waals surface area contributed by atoms with Crippen LogP contribution in [-0.2, 0) is 15.1 Å². The van der Waals surface area contributed by atoms with E-state index in [9.17, 15) is 14.3 Å². The van der Waals surface area contributed by atoms with Crippen molar-refractivity contribution in [3.8, 4) is 5.75 Å². The van der Waals surface area contributed by atoms with Crippen molar-refractivity contribution >= 4 is 5.97 Å². The van der Waals surface area contributed by atoms with Crippen LogP contribution in [0.4, 0.5) is 4.39 Å². The summed E-state index contributed by atoms with van der Waals surface area (Å²) in [4.78, 5) is 10.8. The van der Waals surface area contributed by atoms with E-state index in [0.717, 1.165) is 6.07 Å². The SMILES string of the molecule is CC(=O)OC(C)(C)c1ccc(F)c(O)c1. The van der Waals surface area contributed by atoms with Crippen molar-refractivity contribution in [2.45, 2.75) is 26.4 Å². The lowest BCUT2D eigenvalue weighted by atomic mass is 9.98. The molecule has 1 rings (SSSR count). The summed E-state index contributed by atoms with van der Waals surface area (Å²) in [6.07, 6.45) is 0. The second kappa shape index (κ2) is 3.88. The van der Waals surface area contributed by atoms with Gasteiger partial charge >= 0.3 is 5.97 Å². The van der Waals surface area contributed by atoms with E-state index in [1.54, 1.807) is 13.8 Å². The fourth-order valence-corrected chi connectivity index (χ4v) is 1.31. The van der Waals surface area contributed by atoms with E-state index in [4.69, 9.17) is 4.74 Å². The third kappa shape index (κ3) is 2.68. The Bertz CT molecular complexity index is 385. The predicted molar refractivity (Wildman–Crippen MR) is 52.9 cm³/mol. The highest BCUT2D eigenvalue weighted by molar-refractivity contribution is 5.66. The van der Waals surface area contributed by atoms with E-state index >= 15 is 0 Å². The second-order valence-corrected chi connectivity index (χ2v) is 3.77. The summed E-state index contributed by atoms with van der Waals surface area (Å²) >= 11 is 0. The van der Waals surface area contributed by atoms with E-state index in [0.29, 0.717) is 5.56 Å². The first kappa shape index (κ1) is 11.5. The molecule has 0 bridgehead atoms. The zero-order valence-corrected chi connectivity index (χ0v) is 8.87. The van der Waals surface area contributed by atoms with E-state index in [1.807, 2.05) is 0 Å². The van der Waals surface area contributed by atoms with Crippen LogP contribution in [-0.4, -0.2) is 11.1 Å². The monoisotopic (exact) mass is 212 g/mol. The minimum absolute atomic E-state index is 0.427. The number of hydrogen-bond acceptors (Lipinski definition) is 3. The van der Waals surface area contributed by atoms with Crippen molar-refractivity contribution in [1.82, 2.24) is 0 Å². The van der Waals surface area contributed by atoms with Gasteiger partial charge in [0.05, 0.1) is 0 Å². The molecule has 1 aromatic rings. The van der Waals surface area contributed by atoms with Crippen LogP contribution in [0.15, 0.2) is 18.2 Å². The number of benzene rings is 1. The molecule has 0 atom stereocenters.